The molecule has 0 aliphatic carbocycles. The van der Waals surface area contributed by atoms with Crippen molar-refractivity contribution in [2.24, 2.45) is 0 Å². The van der Waals surface area contributed by atoms with Gasteiger partial charge in [0, 0.05) is 24.5 Å². The van der Waals surface area contributed by atoms with Crippen LogP contribution >= 0.6 is 0 Å². The molecule has 25 heavy (non-hydrogen) atoms. The molecule has 1 saturated heterocycles. The number of benzene rings is 2. The normalized spacial score (nSPS) is 14.5. The molecule has 0 saturated carbocycles. The van der Waals surface area contributed by atoms with Gasteiger partial charge in [-0.3, -0.25) is 9.78 Å². The number of morpholine rings is 1. The third kappa shape index (κ3) is 3.44. The van der Waals surface area contributed by atoms with Crippen molar-refractivity contribution in [2.75, 3.05) is 36.5 Å². The summed E-state index contributed by atoms with van der Waals surface area (Å²) in [5.74, 6) is -0.266. The molecule has 2 heterocycles. The molecule has 0 spiro atoms. The molecular weight excluding hydrogens is 316 g/mol. The molecule has 6 nitrogen and oxygen atoms in total. The van der Waals surface area contributed by atoms with Gasteiger partial charge in [-0.1, -0.05) is 12.1 Å². The monoisotopic (exact) mass is 334 g/mol. The molecule has 1 aliphatic rings. The number of carbonyl (C=O) groups is 1. The third-order valence-electron chi connectivity index (χ3n) is 4.18. The predicted octanol–water partition coefficient (Wildman–Crippen LogP) is 2.72. The lowest BCUT2D eigenvalue weighted by Crippen LogP contribution is -2.36. The highest BCUT2D eigenvalue weighted by molar-refractivity contribution is 6.03. The van der Waals surface area contributed by atoms with Crippen LogP contribution in [0.3, 0.4) is 0 Å². The summed E-state index contributed by atoms with van der Waals surface area (Å²) in [6, 6.07) is 15.3. The maximum Gasteiger partial charge on any atom is 0.275 e. The number of amides is 1. The zero-order valence-electron chi connectivity index (χ0n) is 13.7. The number of nitrogens with zero attached hydrogens (tertiary/aromatic N) is 3. The van der Waals surface area contributed by atoms with Crippen LogP contribution < -0.4 is 10.2 Å². The van der Waals surface area contributed by atoms with E-state index in [-0.39, 0.29) is 5.91 Å². The van der Waals surface area contributed by atoms with Crippen LogP contribution in [0.2, 0.25) is 0 Å². The molecule has 4 rings (SSSR count). The molecule has 0 atom stereocenters. The minimum atomic E-state index is -0.266. The minimum absolute atomic E-state index is 0.266. The lowest BCUT2D eigenvalue weighted by atomic mass is 10.2. The van der Waals surface area contributed by atoms with E-state index >= 15 is 0 Å². The van der Waals surface area contributed by atoms with Crippen molar-refractivity contribution in [2.45, 2.75) is 0 Å². The van der Waals surface area contributed by atoms with Gasteiger partial charge in [-0.05, 0) is 36.4 Å². The number of ether oxygens (including phenoxy) is 1. The maximum absolute atomic E-state index is 12.4. The number of hydrogen-bond donors (Lipinski definition) is 1. The minimum Gasteiger partial charge on any atom is -0.378 e. The van der Waals surface area contributed by atoms with Gasteiger partial charge in [0.1, 0.15) is 5.69 Å². The lowest BCUT2D eigenvalue weighted by molar-refractivity contribution is 0.102. The molecule has 126 valence electrons. The van der Waals surface area contributed by atoms with Gasteiger partial charge in [0.2, 0.25) is 0 Å². The molecule has 1 amide bonds. The van der Waals surface area contributed by atoms with Gasteiger partial charge in [-0.25, -0.2) is 4.98 Å². The largest absolute Gasteiger partial charge is 0.378 e. The average Bonchev–Trinajstić information content (AvgIpc) is 2.69. The molecule has 3 aromatic rings. The molecule has 0 bridgehead atoms. The zero-order valence-corrected chi connectivity index (χ0v) is 13.7. The zero-order chi connectivity index (χ0) is 17.1. The van der Waals surface area contributed by atoms with Crippen molar-refractivity contribution < 1.29 is 9.53 Å². The summed E-state index contributed by atoms with van der Waals surface area (Å²) in [5, 5.41) is 2.87. The second-order valence-corrected chi connectivity index (χ2v) is 5.84. The number of nitrogens with one attached hydrogen (secondary N) is 1. The Morgan fingerprint density at radius 1 is 1.00 bits per heavy atom. The Kier molecular flexibility index (Phi) is 4.26. The lowest BCUT2D eigenvalue weighted by Gasteiger charge is -2.28. The Labute approximate surface area is 145 Å². The van der Waals surface area contributed by atoms with E-state index in [0.717, 1.165) is 43.2 Å². The fourth-order valence-electron chi connectivity index (χ4n) is 2.84. The van der Waals surface area contributed by atoms with Gasteiger partial charge in [0.05, 0.1) is 30.4 Å². The highest BCUT2D eigenvalue weighted by Gasteiger charge is 2.12. The topological polar surface area (TPSA) is 67.4 Å². The van der Waals surface area contributed by atoms with Gasteiger partial charge in [0.25, 0.3) is 5.91 Å². The van der Waals surface area contributed by atoms with Crippen molar-refractivity contribution in [1.82, 2.24) is 9.97 Å². The number of aromatic nitrogens is 2. The number of anilines is 2. The van der Waals surface area contributed by atoms with Crippen LogP contribution in [-0.2, 0) is 4.74 Å². The Morgan fingerprint density at radius 3 is 2.48 bits per heavy atom. The Morgan fingerprint density at radius 2 is 1.72 bits per heavy atom. The first-order valence-corrected chi connectivity index (χ1v) is 8.25. The number of hydrogen-bond acceptors (Lipinski definition) is 5. The second-order valence-electron chi connectivity index (χ2n) is 5.84. The van der Waals surface area contributed by atoms with Crippen LogP contribution in [0.1, 0.15) is 10.5 Å². The number of rotatable bonds is 3. The summed E-state index contributed by atoms with van der Waals surface area (Å²) in [6.45, 7) is 3.27. The van der Waals surface area contributed by atoms with Crippen molar-refractivity contribution in [3.8, 4) is 0 Å². The van der Waals surface area contributed by atoms with Crippen LogP contribution in [0.25, 0.3) is 11.0 Å². The van der Waals surface area contributed by atoms with E-state index in [2.05, 4.69) is 20.2 Å². The first-order chi connectivity index (χ1) is 12.3. The van der Waals surface area contributed by atoms with E-state index < -0.39 is 0 Å². The Balaban J connectivity index is 1.47. The second kappa shape index (κ2) is 6.86. The van der Waals surface area contributed by atoms with Crippen molar-refractivity contribution in [3.05, 3.63) is 60.4 Å². The Bertz CT molecular complexity index is 889. The third-order valence-corrected chi connectivity index (χ3v) is 4.18. The molecule has 2 aromatic carbocycles. The smallest absolute Gasteiger partial charge is 0.275 e. The summed E-state index contributed by atoms with van der Waals surface area (Å²) < 4.78 is 5.37. The SMILES string of the molecule is O=C(Nc1ccc(N2CCOCC2)cc1)c1cnc2ccccc2n1. The molecule has 0 radical (unpaired) electrons. The van der Waals surface area contributed by atoms with E-state index in [1.165, 1.54) is 6.20 Å². The van der Waals surface area contributed by atoms with E-state index in [4.69, 9.17) is 4.74 Å². The quantitative estimate of drug-likeness (QED) is 0.798. The molecule has 1 aliphatic heterocycles. The molecule has 6 heteroatoms. The first kappa shape index (κ1) is 15.5. The average molecular weight is 334 g/mol. The molecule has 1 aromatic heterocycles. The fraction of sp³-hybridized carbons (Fsp3) is 0.211. The highest BCUT2D eigenvalue weighted by Crippen LogP contribution is 2.19. The van der Waals surface area contributed by atoms with Crippen molar-refractivity contribution >= 4 is 28.3 Å². The van der Waals surface area contributed by atoms with Crippen molar-refractivity contribution in [3.63, 3.8) is 0 Å². The van der Waals surface area contributed by atoms with Crippen LogP contribution in [0.5, 0.6) is 0 Å². The molecule has 1 N–H and O–H groups in total. The van der Waals surface area contributed by atoms with E-state index in [1.807, 2.05) is 48.5 Å². The summed E-state index contributed by atoms with van der Waals surface area (Å²) in [6.07, 6.45) is 1.50. The van der Waals surface area contributed by atoms with Crippen LogP contribution in [0.15, 0.2) is 54.7 Å². The van der Waals surface area contributed by atoms with E-state index in [0.29, 0.717) is 11.2 Å². The van der Waals surface area contributed by atoms with Crippen molar-refractivity contribution in [1.29, 1.82) is 0 Å². The van der Waals surface area contributed by atoms with E-state index in [9.17, 15) is 4.79 Å². The Hall–Kier alpha value is -2.99. The van der Waals surface area contributed by atoms with Crippen LogP contribution in [0, 0.1) is 0 Å². The summed E-state index contributed by atoms with van der Waals surface area (Å²) >= 11 is 0. The van der Waals surface area contributed by atoms with Gasteiger partial charge in [-0.15, -0.1) is 0 Å². The van der Waals surface area contributed by atoms with Crippen LogP contribution in [-0.4, -0.2) is 42.2 Å². The fourth-order valence-corrected chi connectivity index (χ4v) is 2.84. The van der Waals surface area contributed by atoms with Gasteiger partial charge in [0.15, 0.2) is 0 Å². The maximum atomic E-state index is 12.4. The first-order valence-electron chi connectivity index (χ1n) is 8.25. The number of carbonyl (C=O) groups excluding carboxylic acids is 1. The highest BCUT2D eigenvalue weighted by atomic mass is 16.5. The van der Waals surface area contributed by atoms with Gasteiger partial charge in [-0.2, -0.15) is 0 Å². The van der Waals surface area contributed by atoms with Gasteiger partial charge < -0.3 is 15.0 Å². The van der Waals surface area contributed by atoms with E-state index in [1.54, 1.807) is 0 Å². The standard InChI is InChI=1S/C19H18N4O2/c24-19(18-13-20-16-3-1-2-4-17(16)22-18)21-14-5-7-15(8-6-14)23-9-11-25-12-10-23/h1-8,13H,9-12H2,(H,21,24). The van der Waals surface area contributed by atoms with Gasteiger partial charge >= 0.3 is 0 Å². The molecule has 0 unspecified atom stereocenters. The van der Waals surface area contributed by atoms with Crippen LogP contribution in [0.4, 0.5) is 11.4 Å². The molecule has 1 fully saturated rings. The predicted molar refractivity (Wildman–Crippen MR) is 97.0 cm³/mol. The summed E-state index contributed by atoms with van der Waals surface area (Å²) in [4.78, 5) is 23.3. The summed E-state index contributed by atoms with van der Waals surface area (Å²) in [7, 11) is 0. The number of para-hydroxylation sites is 2. The molecular formula is C19H18N4O2. The summed E-state index contributed by atoms with van der Waals surface area (Å²) in [5.41, 5.74) is 3.64. The number of fused-ring (bicyclic) bond motifs is 1.